The molecule has 25 heavy (non-hydrogen) atoms. The van der Waals surface area contributed by atoms with E-state index in [9.17, 15) is 13.2 Å². The van der Waals surface area contributed by atoms with Gasteiger partial charge in [0.1, 0.15) is 0 Å². The second kappa shape index (κ2) is 7.72. The lowest BCUT2D eigenvalue weighted by atomic mass is 10.2. The number of hydrogen-bond acceptors (Lipinski definition) is 4. The first kappa shape index (κ1) is 18.2. The van der Waals surface area contributed by atoms with Crippen molar-refractivity contribution in [2.24, 2.45) is 0 Å². The van der Waals surface area contributed by atoms with Gasteiger partial charge in [-0.25, -0.2) is 8.42 Å². The maximum absolute atomic E-state index is 12.5. The number of thiophene rings is 1. The number of sulfone groups is 1. The molecule has 3 rings (SSSR count). The summed E-state index contributed by atoms with van der Waals surface area (Å²) in [5.41, 5.74) is 0.761. The van der Waals surface area contributed by atoms with Crippen molar-refractivity contribution in [2.75, 3.05) is 18.8 Å². The zero-order valence-corrected chi connectivity index (χ0v) is 15.9. The van der Waals surface area contributed by atoms with E-state index in [0.29, 0.717) is 18.0 Å². The number of rotatable bonds is 3. The summed E-state index contributed by atoms with van der Waals surface area (Å²) < 4.78 is 25.1. The molecule has 0 spiro atoms. The summed E-state index contributed by atoms with van der Waals surface area (Å²) in [7, 11) is -3.25. The monoisotopic (exact) mass is 395 g/mol. The molecular formula is C18H18ClNO3S2. The van der Waals surface area contributed by atoms with Gasteiger partial charge in [0.05, 0.1) is 11.0 Å². The minimum absolute atomic E-state index is 0.0127. The van der Waals surface area contributed by atoms with Crippen LogP contribution in [-0.4, -0.2) is 38.1 Å². The minimum atomic E-state index is -3.25. The smallest absolute Gasteiger partial charge is 0.246 e. The van der Waals surface area contributed by atoms with Crippen LogP contribution in [0.2, 0.25) is 5.02 Å². The molecule has 1 fully saturated rings. The zero-order chi connectivity index (χ0) is 17.9. The summed E-state index contributed by atoms with van der Waals surface area (Å²) in [4.78, 5) is 14.9. The zero-order valence-electron chi connectivity index (χ0n) is 13.5. The van der Waals surface area contributed by atoms with E-state index in [1.54, 1.807) is 17.0 Å². The molecule has 1 amide bonds. The predicted molar refractivity (Wildman–Crippen MR) is 103 cm³/mol. The van der Waals surface area contributed by atoms with Crippen molar-refractivity contribution in [2.45, 2.75) is 11.7 Å². The van der Waals surface area contributed by atoms with Crippen LogP contribution in [0.3, 0.4) is 0 Å². The van der Waals surface area contributed by atoms with Crippen LogP contribution in [0.15, 0.2) is 47.9 Å². The average Bonchev–Trinajstić information content (AvgIpc) is 3.05. The fraction of sp³-hybridized carbons (Fsp3) is 0.278. The van der Waals surface area contributed by atoms with Crippen molar-refractivity contribution >= 4 is 44.8 Å². The molecule has 0 aliphatic carbocycles. The number of carbonyl (C=O) groups excluding carboxylic acids is 1. The van der Waals surface area contributed by atoms with Crippen molar-refractivity contribution in [3.63, 3.8) is 0 Å². The van der Waals surface area contributed by atoms with E-state index in [-0.39, 0.29) is 18.2 Å². The van der Waals surface area contributed by atoms with Crippen LogP contribution in [-0.2, 0) is 14.6 Å². The van der Waals surface area contributed by atoms with Gasteiger partial charge in [-0.2, -0.15) is 0 Å². The fourth-order valence-electron chi connectivity index (χ4n) is 2.83. The molecule has 0 N–H and O–H groups in total. The number of carbonyl (C=O) groups is 1. The first-order valence-corrected chi connectivity index (χ1v) is 10.9. The molecule has 1 saturated heterocycles. The second-order valence-corrected chi connectivity index (χ2v) is 9.53. The molecule has 1 aromatic carbocycles. The van der Waals surface area contributed by atoms with Crippen LogP contribution in [0.25, 0.3) is 6.08 Å². The van der Waals surface area contributed by atoms with Crippen molar-refractivity contribution in [1.82, 2.24) is 4.90 Å². The lowest BCUT2D eigenvalue weighted by Gasteiger charge is -2.17. The van der Waals surface area contributed by atoms with Gasteiger partial charge in [0.25, 0.3) is 0 Å². The Morgan fingerprint density at radius 2 is 2.00 bits per heavy atom. The summed E-state index contributed by atoms with van der Waals surface area (Å²) in [6.07, 6.45) is 3.55. The molecular weight excluding hydrogens is 378 g/mol. The molecule has 4 nitrogen and oxygen atoms in total. The normalized spacial score (nSPS) is 20.5. The Bertz CT molecular complexity index is 875. The number of halogens is 1. The average molecular weight is 396 g/mol. The summed E-state index contributed by atoms with van der Waals surface area (Å²) in [5.74, 6) is -0.205. The molecule has 1 atom stereocenters. The quantitative estimate of drug-likeness (QED) is 0.742. The molecule has 132 valence electrons. The SMILES string of the molecule is O=C(C=Cc1ccccc1Cl)N1CCC(c2cccs2)S(=O)(=O)CC1. The highest BCUT2D eigenvalue weighted by atomic mass is 35.5. The van der Waals surface area contributed by atoms with E-state index in [1.165, 1.54) is 17.4 Å². The van der Waals surface area contributed by atoms with Crippen LogP contribution in [0.5, 0.6) is 0 Å². The number of amides is 1. The molecule has 0 saturated carbocycles. The Morgan fingerprint density at radius 1 is 1.20 bits per heavy atom. The molecule has 1 aliphatic rings. The van der Waals surface area contributed by atoms with Gasteiger partial charge in [0.15, 0.2) is 9.84 Å². The van der Waals surface area contributed by atoms with E-state index in [4.69, 9.17) is 11.6 Å². The minimum Gasteiger partial charge on any atom is -0.338 e. The van der Waals surface area contributed by atoms with Gasteiger partial charge in [0, 0.05) is 29.1 Å². The van der Waals surface area contributed by atoms with Crippen LogP contribution >= 0.6 is 22.9 Å². The molecule has 1 unspecified atom stereocenters. The summed E-state index contributed by atoms with van der Waals surface area (Å²) >= 11 is 7.53. The Hall–Kier alpha value is -1.63. The lowest BCUT2D eigenvalue weighted by Crippen LogP contribution is -2.32. The molecule has 2 aromatic rings. The van der Waals surface area contributed by atoms with Gasteiger partial charge in [-0.3, -0.25) is 4.79 Å². The van der Waals surface area contributed by atoms with Crippen LogP contribution in [0, 0.1) is 0 Å². The predicted octanol–water partition coefficient (Wildman–Crippen LogP) is 3.80. The largest absolute Gasteiger partial charge is 0.338 e. The number of hydrogen-bond donors (Lipinski definition) is 0. The Morgan fingerprint density at radius 3 is 2.72 bits per heavy atom. The number of benzene rings is 1. The molecule has 2 heterocycles. The highest BCUT2D eigenvalue weighted by molar-refractivity contribution is 7.91. The highest BCUT2D eigenvalue weighted by Crippen LogP contribution is 2.32. The molecule has 1 aromatic heterocycles. The van der Waals surface area contributed by atoms with E-state index in [1.807, 2.05) is 35.7 Å². The first-order valence-electron chi connectivity index (χ1n) is 7.94. The highest BCUT2D eigenvalue weighted by Gasteiger charge is 2.32. The Labute approximate surface area is 156 Å². The van der Waals surface area contributed by atoms with Gasteiger partial charge < -0.3 is 4.90 Å². The first-order chi connectivity index (χ1) is 12.0. The van der Waals surface area contributed by atoms with E-state index in [0.717, 1.165) is 10.4 Å². The Kier molecular flexibility index (Phi) is 5.61. The van der Waals surface area contributed by atoms with Crippen molar-refractivity contribution in [3.8, 4) is 0 Å². The van der Waals surface area contributed by atoms with Crippen LogP contribution in [0.1, 0.15) is 22.1 Å². The third-order valence-electron chi connectivity index (χ3n) is 4.22. The van der Waals surface area contributed by atoms with Gasteiger partial charge in [-0.05, 0) is 35.6 Å². The van der Waals surface area contributed by atoms with E-state index >= 15 is 0 Å². The number of nitrogens with zero attached hydrogens (tertiary/aromatic N) is 1. The summed E-state index contributed by atoms with van der Waals surface area (Å²) in [5, 5.41) is 1.94. The van der Waals surface area contributed by atoms with Crippen molar-refractivity contribution < 1.29 is 13.2 Å². The Balaban J connectivity index is 1.72. The van der Waals surface area contributed by atoms with Crippen LogP contribution in [0.4, 0.5) is 0 Å². The van der Waals surface area contributed by atoms with Gasteiger partial charge in [-0.1, -0.05) is 35.9 Å². The summed E-state index contributed by atoms with van der Waals surface area (Å²) in [6.45, 7) is 0.642. The van der Waals surface area contributed by atoms with Crippen molar-refractivity contribution in [3.05, 3.63) is 63.3 Å². The van der Waals surface area contributed by atoms with Gasteiger partial charge >= 0.3 is 0 Å². The summed E-state index contributed by atoms with van der Waals surface area (Å²) in [6, 6.07) is 11.0. The van der Waals surface area contributed by atoms with Gasteiger partial charge in [-0.15, -0.1) is 11.3 Å². The van der Waals surface area contributed by atoms with Crippen molar-refractivity contribution in [1.29, 1.82) is 0 Å². The lowest BCUT2D eigenvalue weighted by molar-refractivity contribution is -0.125. The second-order valence-electron chi connectivity index (χ2n) is 5.84. The van der Waals surface area contributed by atoms with E-state index < -0.39 is 15.1 Å². The molecule has 7 heteroatoms. The maximum atomic E-state index is 12.5. The maximum Gasteiger partial charge on any atom is 0.246 e. The topological polar surface area (TPSA) is 54.5 Å². The standard InChI is InChI=1S/C18H18ClNO3S2/c19-15-5-2-1-4-14(15)7-8-18(21)20-10-9-17(16-6-3-12-24-16)25(22,23)13-11-20/h1-8,12,17H,9-11,13H2. The fourth-order valence-corrected chi connectivity index (χ4v) is 6.04. The van der Waals surface area contributed by atoms with Crippen LogP contribution < -0.4 is 0 Å². The van der Waals surface area contributed by atoms with E-state index in [2.05, 4.69) is 0 Å². The van der Waals surface area contributed by atoms with Gasteiger partial charge in [0.2, 0.25) is 5.91 Å². The third-order valence-corrected chi connectivity index (χ3v) is 7.81. The molecule has 0 radical (unpaired) electrons. The molecule has 0 bridgehead atoms. The third kappa shape index (κ3) is 4.32. The molecule has 1 aliphatic heterocycles.